The van der Waals surface area contributed by atoms with Gasteiger partial charge in [0.05, 0.1) is 12.8 Å². The van der Waals surface area contributed by atoms with Crippen LogP contribution in [-0.2, 0) is 10.3 Å². The van der Waals surface area contributed by atoms with Gasteiger partial charge in [-0.2, -0.15) is 10.4 Å². The van der Waals surface area contributed by atoms with E-state index < -0.39 is 28.7 Å². The molecule has 1 fully saturated rings. The van der Waals surface area contributed by atoms with Crippen LogP contribution in [0.15, 0.2) is 12.5 Å². The Labute approximate surface area is 133 Å². The summed E-state index contributed by atoms with van der Waals surface area (Å²) in [5.74, 6) is 0.0846. The first kappa shape index (κ1) is 15.2. The monoisotopic (exact) mass is 344 g/mol. The first-order valence-corrected chi connectivity index (χ1v) is 6.85. The molecule has 0 aliphatic carbocycles. The van der Waals surface area contributed by atoms with Crippen LogP contribution in [0, 0.1) is 11.3 Å². The molecule has 4 N–H and O–H groups in total. The summed E-state index contributed by atoms with van der Waals surface area (Å²) in [7, 11) is 0. The maximum atomic E-state index is 10.1. The number of nitrogen functional groups attached to an aromatic ring is 1. The number of aliphatic hydroxyl groups excluding tert-OH is 2. The van der Waals surface area contributed by atoms with Crippen LogP contribution in [-0.4, -0.2) is 52.9 Å². The van der Waals surface area contributed by atoms with Crippen LogP contribution in [0.25, 0.3) is 5.65 Å². The predicted octanol–water partition coefficient (Wildman–Crippen LogP) is -0.649. The van der Waals surface area contributed by atoms with E-state index in [4.69, 9.17) is 33.7 Å². The molecule has 0 radical (unpaired) electrons. The summed E-state index contributed by atoms with van der Waals surface area (Å²) < 4.78 is 4.64. The summed E-state index contributed by atoms with van der Waals surface area (Å²) in [6.45, 7) is -0.570. The number of nitriles is 1. The van der Waals surface area contributed by atoms with Gasteiger partial charge in [-0.3, -0.25) is 0 Å². The van der Waals surface area contributed by atoms with Crippen LogP contribution < -0.4 is 5.73 Å². The Hall–Kier alpha value is -1.70. The van der Waals surface area contributed by atoms with Crippen LogP contribution in [0.2, 0.25) is 0 Å². The van der Waals surface area contributed by atoms with E-state index in [2.05, 4.69) is 15.1 Å². The smallest absolute Gasteiger partial charge is 0.234 e. The van der Waals surface area contributed by atoms with Crippen LogP contribution in [0.4, 0.5) is 5.82 Å². The van der Waals surface area contributed by atoms with Crippen molar-refractivity contribution in [3.8, 4) is 6.07 Å². The summed E-state index contributed by atoms with van der Waals surface area (Å²) in [6.07, 6.45) is -0.211. The summed E-state index contributed by atoms with van der Waals surface area (Å²) in [4.78, 5) is 7.80. The number of alkyl halides is 2. The largest absolute Gasteiger partial charge is 0.394 e. The molecule has 0 bridgehead atoms. The third-order valence-corrected chi connectivity index (χ3v) is 4.53. The molecule has 1 aliphatic rings. The Balaban J connectivity index is 2.27. The minimum atomic E-state index is -2.05. The SMILES string of the molecule is N#C[C@@]1(c2cnc3c(N)ncnn23)O[C@H](CO)[C@H](O)C1(Cl)Cl. The van der Waals surface area contributed by atoms with Gasteiger partial charge in [-0.05, 0) is 0 Å². The van der Waals surface area contributed by atoms with Crippen molar-refractivity contribution < 1.29 is 14.9 Å². The summed E-state index contributed by atoms with van der Waals surface area (Å²) in [5.41, 5.74) is 3.94. The molecule has 0 amide bonds. The van der Waals surface area contributed by atoms with E-state index in [0.29, 0.717) is 0 Å². The number of nitrogens with zero attached hydrogens (tertiary/aromatic N) is 5. The molecule has 2 aromatic rings. The minimum Gasteiger partial charge on any atom is -0.394 e. The highest BCUT2D eigenvalue weighted by molar-refractivity contribution is 6.50. The highest BCUT2D eigenvalue weighted by Gasteiger charge is 2.67. The number of ether oxygens (including phenoxy) is 1. The van der Waals surface area contributed by atoms with Crippen LogP contribution in [0.5, 0.6) is 0 Å². The highest BCUT2D eigenvalue weighted by Crippen LogP contribution is 2.53. The van der Waals surface area contributed by atoms with Crippen molar-refractivity contribution in [3.63, 3.8) is 0 Å². The lowest BCUT2D eigenvalue weighted by atomic mass is 9.95. The zero-order valence-corrected chi connectivity index (χ0v) is 12.4. The summed E-state index contributed by atoms with van der Waals surface area (Å²) >= 11 is 12.4. The lowest BCUT2D eigenvalue weighted by molar-refractivity contribution is -0.0524. The Morgan fingerprint density at radius 3 is 2.82 bits per heavy atom. The molecule has 11 heteroatoms. The maximum absolute atomic E-state index is 10.1. The minimum absolute atomic E-state index is 0.0686. The number of halogens is 2. The lowest BCUT2D eigenvalue weighted by Crippen LogP contribution is -2.45. The quantitative estimate of drug-likeness (QED) is 0.610. The second-order valence-corrected chi connectivity index (χ2v) is 6.11. The fourth-order valence-electron chi connectivity index (χ4n) is 2.41. The van der Waals surface area contributed by atoms with E-state index in [1.165, 1.54) is 10.7 Å². The third kappa shape index (κ3) is 1.73. The number of aliphatic hydroxyl groups is 2. The molecule has 3 atom stereocenters. The molecule has 0 saturated carbocycles. The van der Waals surface area contributed by atoms with Gasteiger partial charge in [0.25, 0.3) is 0 Å². The zero-order valence-electron chi connectivity index (χ0n) is 10.9. The van der Waals surface area contributed by atoms with Gasteiger partial charge in [-0.25, -0.2) is 14.5 Å². The Morgan fingerprint density at radius 2 is 2.23 bits per heavy atom. The Bertz CT molecular complexity index is 775. The number of nitrogens with two attached hydrogens (primary N) is 1. The van der Waals surface area contributed by atoms with E-state index >= 15 is 0 Å². The van der Waals surface area contributed by atoms with Gasteiger partial charge in [-0.15, -0.1) is 0 Å². The zero-order chi connectivity index (χ0) is 16.1. The molecular weight excluding hydrogens is 335 g/mol. The molecule has 22 heavy (non-hydrogen) atoms. The molecule has 0 unspecified atom stereocenters. The Morgan fingerprint density at radius 1 is 1.50 bits per heavy atom. The normalized spacial score (nSPS) is 30.5. The predicted molar refractivity (Wildman–Crippen MR) is 74.9 cm³/mol. The number of anilines is 1. The average molecular weight is 345 g/mol. The topological polar surface area (TPSA) is 143 Å². The molecule has 2 aromatic heterocycles. The van der Waals surface area contributed by atoms with E-state index in [0.717, 1.165) is 6.33 Å². The number of rotatable bonds is 2. The van der Waals surface area contributed by atoms with Crippen molar-refractivity contribution >= 4 is 34.7 Å². The standard InChI is InChI=1S/C11H10Cl2N6O3/c12-11(13)7(21)5(2-20)22-10(11,3-14)6-1-16-9-8(15)17-4-18-19(6)9/h1,4-5,7,20-21H,2H2,(H2,15,17,18)/t5-,7+,10+/m1/s1. The molecule has 9 nitrogen and oxygen atoms in total. The van der Waals surface area contributed by atoms with E-state index in [1.807, 2.05) is 6.07 Å². The fraction of sp³-hybridized carbons (Fsp3) is 0.455. The van der Waals surface area contributed by atoms with Gasteiger partial charge in [0, 0.05) is 0 Å². The molecule has 3 rings (SSSR count). The first-order valence-electron chi connectivity index (χ1n) is 6.09. The van der Waals surface area contributed by atoms with Gasteiger partial charge < -0.3 is 20.7 Å². The van der Waals surface area contributed by atoms with E-state index in [-0.39, 0.29) is 17.2 Å². The first-order chi connectivity index (χ1) is 10.4. The molecule has 116 valence electrons. The second-order valence-electron chi connectivity index (χ2n) is 4.72. The van der Waals surface area contributed by atoms with E-state index in [9.17, 15) is 15.5 Å². The number of hydrogen-bond acceptors (Lipinski definition) is 8. The number of aromatic nitrogens is 4. The van der Waals surface area contributed by atoms with Crippen molar-refractivity contribution in [3.05, 3.63) is 18.2 Å². The number of fused-ring (bicyclic) bond motifs is 1. The van der Waals surface area contributed by atoms with Crippen molar-refractivity contribution in [2.75, 3.05) is 12.3 Å². The molecular formula is C11H10Cl2N6O3. The summed E-state index contributed by atoms with van der Waals surface area (Å²) in [6, 6.07) is 1.86. The van der Waals surface area contributed by atoms with Crippen LogP contribution >= 0.6 is 23.2 Å². The molecule has 0 spiro atoms. The second kappa shape index (κ2) is 4.91. The average Bonchev–Trinajstić information content (AvgIpc) is 3.01. The van der Waals surface area contributed by atoms with Crippen molar-refractivity contribution in [1.82, 2.24) is 19.6 Å². The van der Waals surface area contributed by atoms with E-state index in [1.54, 1.807) is 0 Å². The van der Waals surface area contributed by atoms with Crippen molar-refractivity contribution in [2.24, 2.45) is 0 Å². The molecule has 0 aromatic carbocycles. The summed E-state index contributed by atoms with van der Waals surface area (Å²) in [5, 5.41) is 33.0. The molecule has 1 aliphatic heterocycles. The maximum Gasteiger partial charge on any atom is 0.234 e. The fourth-order valence-corrected chi connectivity index (χ4v) is 3.06. The molecule has 3 heterocycles. The van der Waals surface area contributed by atoms with Gasteiger partial charge in [0.2, 0.25) is 5.60 Å². The number of hydrogen-bond donors (Lipinski definition) is 3. The van der Waals surface area contributed by atoms with Crippen molar-refractivity contribution in [1.29, 1.82) is 5.26 Å². The molecule has 1 saturated heterocycles. The van der Waals surface area contributed by atoms with Gasteiger partial charge >= 0.3 is 0 Å². The van der Waals surface area contributed by atoms with Gasteiger partial charge in [-0.1, -0.05) is 23.2 Å². The van der Waals surface area contributed by atoms with Crippen LogP contribution in [0.1, 0.15) is 5.69 Å². The van der Waals surface area contributed by atoms with Crippen LogP contribution in [0.3, 0.4) is 0 Å². The van der Waals surface area contributed by atoms with Gasteiger partial charge in [0.15, 0.2) is 15.8 Å². The highest BCUT2D eigenvalue weighted by atomic mass is 35.5. The third-order valence-electron chi connectivity index (χ3n) is 3.55. The lowest BCUT2D eigenvalue weighted by Gasteiger charge is -2.29. The number of imidazole rings is 1. The van der Waals surface area contributed by atoms with Crippen molar-refractivity contribution in [2.45, 2.75) is 22.1 Å². The Kier molecular flexibility index (Phi) is 3.39. The van der Waals surface area contributed by atoms with Gasteiger partial charge in [0.1, 0.15) is 30.3 Å².